The number of anilines is 4. The van der Waals surface area contributed by atoms with Crippen LogP contribution in [-0.2, 0) is 6.54 Å². The molecule has 0 aliphatic carbocycles. The van der Waals surface area contributed by atoms with Gasteiger partial charge in [0.25, 0.3) is 0 Å². The van der Waals surface area contributed by atoms with Crippen molar-refractivity contribution in [2.24, 2.45) is 0 Å². The Morgan fingerprint density at radius 2 is 1.72 bits per heavy atom. The zero-order valence-corrected chi connectivity index (χ0v) is 20.4. The Kier molecular flexibility index (Phi) is 5.95. The van der Waals surface area contributed by atoms with Crippen LogP contribution in [-0.4, -0.2) is 54.4 Å². The first-order chi connectivity index (χ1) is 17.7. The highest BCUT2D eigenvalue weighted by Gasteiger charge is 2.24. The van der Waals surface area contributed by atoms with E-state index in [0.717, 1.165) is 68.1 Å². The standard InChI is InChI=1S/C28H30N6O2/c1-2-34(23-9-5-7-21-6-3-4-8-22(21)23)28-26(29)27(30-18-31-28)33-14-12-32(13-15-33)17-20-10-11-24-25(16-20)36-19-35-24/h3-11,16,18H,2,12-15,17,19,29H2,1H3. The van der Waals surface area contributed by atoms with E-state index in [0.29, 0.717) is 12.5 Å². The maximum atomic E-state index is 6.73. The highest BCUT2D eigenvalue weighted by molar-refractivity contribution is 5.97. The van der Waals surface area contributed by atoms with Crippen molar-refractivity contribution in [2.75, 3.05) is 55.1 Å². The number of hydrogen-bond donors (Lipinski definition) is 1. The van der Waals surface area contributed by atoms with Crippen molar-refractivity contribution < 1.29 is 9.47 Å². The molecule has 2 aliphatic rings. The summed E-state index contributed by atoms with van der Waals surface area (Å²) in [5.41, 5.74) is 9.68. The van der Waals surface area contributed by atoms with Gasteiger partial charge in [0, 0.05) is 44.7 Å². The first kappa shape index (κ1) is 22.4. The summed E-state index contributed by atoms with van der Waals surface area (Å²) >= 11 is 0. The lowest BCUT2D eigenvalue weighted by Crippen LogP contribution is -2.46. The Morgan fingerprint density at radius 1 is 0.917 bits per heavy atom. The van der Waals surface area contributed by atoms with Gasteiger partial charge >= 0.3 is 0 Å². The first-order valence-electron chi connectivity index (χ1n) is 12.4. The number of benzene rings is 3. The highest BCUT2D eigenvalue weighted by atomic mass is 16.7. The second kappa shape index (κ2) is 9.54. The number of aromatic nitrogens is 2. The largest absolute Gasteiger partial charge is 0.454 e. The van der Waals surface area contributed by atoms with E-state index in [-0.39, 0.29) is 0 Å². The monoisotopic (exact) mass is 482 g/mol. The summed E-state index contributed by atoms with van der Waals surface area (Å²) in [5, 5.41) is 2.37. The van der Waals surface area contributed by atoms with E-state index in [4.69, 9.17) is 15.2 Å². The van der Waals surface area contributed by atoms with Crippen LogP contribution in [0.5, 0.6) is 11.5 Å². The molecule has 2 N–H and O–H groups in total. The third-order valence-corrected chi connectivity index (χ3v) is 6.99. The zero-order valence-electron chi connectivity index (χ0n) is 20.4. The van der Waals surface area contributed by atoms with Crippen LogP contribution < -0.4 is 25.0 Å². The molecule has 0 unspecified atom stereocenters. The van der Waals surface area contributed by atoms with Crippen LogP contribution >= 0.6 is 0 Å². The molecule has 6 rings (SSSR count). The molecule has 0 bridgehead atoms. The van der Waals surface area contributed by atoms with Crippen molar-refractivity contribution >= 4 is 33.8 Å². The minimum Gasteiger partial charge on any atom is -0.454 e. The minimum absolute atomic E-state index is 0.301. The molecule has 0 amide bonds. The van der Waals surface area contributed by atoms with E-state index >= 15 is 0 Å². The predicted molar refractivity (Wildman–Crippen MR) is 143 cm³/mol. The van der Waals surface area contributed by atoms with Gasteiger partial charge in [-0.25, -0.2) is 9.97 Å². The topological polar surface area (TPSA) is 80.0 Å². The fourth-order valence-electron chi connectivity index (χ4n) is 5.14. The van der Waals surface area contributed by atoms with Crippen molar-refractivity contribution in [1.29, 1.82) is 0 Å². The van der Waals surface area contributed by atoms with E-state index in [9.17, 15) is 0 Å². The van der Waals surface area contributed by atoms with Crippen molar-refractivity contribution in [3.8, 4) is 11.5 Å². The lowest BCUT2D eigenvalue weighted by molar-refractivity contribution is 0.174. The van der Waals surface area contributed by atoms with Gasteiger partial charge < -0.3 is 25.0 Å². The number of nitrogens with two attached hydrogens (primary N) is 1. The number of rotatable bonds is 6. The SMILES string of the molecule is CCN(c1ncnc(N2CCN(Cc3ccc4c(c3)OCO4)CC2)c1N)c1cccc2ccccc12. The normalized spacial score (nSPS) is 15.4. The van der Waals surface area contributed by atoms with E-state index in [1.807, 2.05) is 6.07 Å². The van der Waals surface area contributed by atoms with Crippen LogP contribution in [0.4, 0.5) is 23.0 Å². The molecule has 184 valence electrons. The van der Waals surface area contributed by atoms with Crippen molar-refractivity contribution in [2.45, 2.75) is 13.5 Å². The lowest BCUT2D eigenvalue weighted by Gasteiger charge is -2.36. The van der Waals surface area contributed by atoms with E-state index in [1.54, 1.807) is 6.33 Å². The molecule has 0 saturated carbocycles. The van der Waals surface area contributed by atoms with Crippen LogP contribution in [0.2, 0.25) is 0 Å². The summed E-state index contributed by atoms with van der Waals surface area (Å²) < 4.78 is 11.0. The Bertz CT molecular complexity index is 1380. The van der Waals surface area contributed by atoms with Gasteiger partial charge in [-0.1, -0.05) is 42.5 Å². The summed E-state index contributed by atoms with van der Waals surface area (Å²) in [6, 6.07) is 20.9. The third kappa shape index (κ3) is 4.13. The molecule has 3 heterocycles. The van der Waals surface area contributed by atoms with Crippen LogP contribution in [0, 0.1) is 0 Å². The average Bonchev–Trinajstić information content (AvgIpc) is 3.39. The summed E-state index contributed by atoms with van der Waals surface area (Å²) in [7, 11) is 0. The van der Waals surface area contributed by atoms with Crippen molar-refractivity contribution in [1.82, 2.24) is 14.9 Å². The van der Waals surface area contributed by atoms with Gasteiger partial charge in [-0.2, -0.15) is 0 Å². The van der Waals surface area contributed by atoms with Crippen LogP contribution in [0.15, 0.2) is 67.0 Å². The van der Waals surface area contributed by atoms with Crippen LogP contribution in [0.25, 0.3) is 10.8 Å². The maximum Gasteiger partial charge on any atom is 0.231 e. The zero-order chi connectivity index (χ0) is 24.5. The second-order valence-electron chi connectivity index (χ2n) is 9.13. The Hall–Kier alpha value is -4.04. The van der Waals surface area contributed by atoms with Gasteiger partial charge in [-0.05, 0) is 36.1 Å². The number of piperazine rings is 1. The molecule has 8 nitrogen and oxygen atoms in total. The van der Waals surface area contributed by atoms with E-state index in [2.05, 4.69) is 86.2 Å². The second-order valence-corrected chi connectivity index (χ2v) is 9.13. The molecule has 4 aromatic rings. The first-order valence-corrected chi connectivity index (χ1v) is 12.4. The molecule has 3 aromatic carbocycles. The van der Waals surface area contributed by atoms with Crippen molar-refractivity contribution in [3.05, 3.63) is 72.6 Å². The molecular weight excluding hydrogens is 452 g/mol. The molecule has 0 radical (unpaired) electrons. The quantitative estimate of drug-likeness (QED) is 0.433. The van der Waals surface area contributed by atoms with Crippen LogP contribution in [0.1, 0.15) is 12.5 Å². The molecule has 0 atom stereocenters. The van der Waals surface area contributed by atoms with Gasteiger partial charge in [0.15, 0.2) is 23.1 Å². The fraction of sp³-hybridized carbons (Fsp3) is 0.286. The molecule has 8 heteroatoms. The molecule has 36 heavy (non-hydrogen) atoms. The lowest BCUT2D eigenvalue weighted by atomic mass is 10.1. The number of hydrogen-bond acceptors (Lipinski definition) is 8. The number of fused-ring (bicyclic) bond motifs is 2. The molecule has 1 saturated heterocycles. The number of ether oxygens (including phenoxy) is 2. The summed E-state index contributed by atoms with van der Waals surface area (Å²) in [5.74, 6) is 3.21. The molecular formula is C28H30N6O2. The molecule has 2 aliphatic heterocycles. The summed E-state index contributed by atoms with van der Waals surface area (Å²) in [6.07, 6.45) is 1.63. The maximum absolute atomic E-state index is 6.73. The number of nitrogen functional groups attached to an aromatic ring is 1. The van der Waals surface area contributed by atoms with Crippen LogP contribution in [0.3, 0.4) is 0 Å². The molecule has 0 spiro atoms. The van der Waals surface area contributed by atoms with Gasteiger partial charge in [-0.3, -0.25) is 4.90 Å². The fourth-order valence-corrected chi connectivity index (χ4v) is 5.14. The van der Waals surface area contributed by atoms with Gasteiger partial charge in [0.2, 0.25) is 6.79 Å². The Balaban J connectivity index is 1.19. The Labute approximate surface area is 210 Å². The Morgan fingerprint density at radius 3 is 2.58 bits per heavy atom. The van der Waals surface area contributed by atoms with Gasteiger partial charge in [0.1, 0.15) is 12.0 Å². The van der Waals surface area contributed by atoms with Gasteiger partial charge in [-0.15, -0.1) is 0 Å². The highest BCUT2D eigenvalue weighted by Crippen LogP contribution is 2.37. The number of nitrogens with zero attached hydrogens (tertiary/aromatic N) is 5. The molecule has 1 fully saturated rings. The van der Waals surface area contributed by atoms with Crippen molar-refractivity contribution in [3.63, 3.8) is 0 Å². The summed E-state index contributed by atoms with van der Waals surface area (Å²) in [4.78, 5) is 16.1. The van der Waals surface area contributed by atoms with E-state index in [1.165, 1.54) is 16.3 Å². The van der Waals surface area contributed by atoms with Gasteiger partial charge in [0.05, 0.1) is 5.69 Å². The minimum atomic E-state index is 0.301. The third-order valence-electron chi connectivity index (χ3n) is 6.99. The predicted octanol–water partition coefficient (Wildman–Crippen LogP) is 4.42. The average molecular weight is 483 g/mol. The smallest absolute Gasteiger partial charge is 0.231 e. The van der Waals surface area contributed by atoms with E-state index < -0.39 is 0 Å². The molecule has 1 aromatic heterocycles. The summed E-state index contributed by atoms with van der Waals surface area (Å²) in [6.45, 7) is 7.60.